The second-order valence-corrected chi connectivity index (χ2v) is 2.96. The summed E-state index contributed by atoms with van der Waals surface area (Å²) in [5, 5.41) is 8.47. The summed E-state index contributed by atoms with van der Waals surface area (Å²) < 4.78 is 36.5. The summed E-state index contributed by atoms with van der Waals surface area (Å²) in [5.74, 6) is -1.51. The lowest BCUT2D eigenvalue weighted by Gasteiger charge is -2.24. The molecule has 0 fully saturated rings. The Hall–Kier alpha value is -0.330. The standard InChI is InChI=1S/C7H15F3N2O/c1-12(2-3-13)5-6(4-11)7(8,9)10/h6,13H,2-5,11H2,1H3. The summed E-state index contributed by atoms with van der Waals surface area (Å²) in [6, 6.07) is 0. The van der Waals surface area contributed by atoms with E-state index in [0.717, 1.165) is 0 Å². The summed E-state index contributed by atoms with van der Waals surface area (Å²) in [7, 11) is 1.52. The summed E-state index contributed by atoms with van der Waals surface area (Å²) in [5.41, 5.74) is 4.99. The molecule has 0 amide bonds. The fourth-order valence-electron chi connectivity index (χ4n) is 0.950. The fourth-order valence-corrected chi connectivity index (χ4v) is 0.950. The molecule has 0 saturated heterocycles. The maximum absolute atomic E-state index is 12.2. The number of aliphatic hydroxyl groups excluding tert-OH is 1. The average Bonchev–Trinajstić information content (AvgIpc) is 1.98. The second kappa shape index (κ2) is 5.41. The Morgan fingerprint density at radius 3 is 2.31 bits per heavy atom. The number of halogens is 3. The van der Waals surface area contributed by atoms with Gasteiger partial charge in [0, 0.05) is 19.6 Å². The van der Waals surface area contributed by atoms with E-state index in [0.29, 0.717) is 0 Å². The quantitative estimate of drug-likeness (QED) is 0.659. The lowest BCUT2D eigenvalue weighted by atomic mass is 10.1. The van der Waals surface area contributed by atoms with Crippen molar-refractivity contribution in [3.63, 3.8) is 0 Å². The van der Waals surface area contributed by atoms with E-state index in [2.05, 4.69) is 0 Å². The van der Waals surface area contributed by atoms with Crippen molar-refractivity contribution in [1.29, 1.82) is 0 Å². The predicted octanol–water partition coefficient (Wildman–Crippen LogP) is 0.0477. The molecule has 3 N–H and O–H groups in total. The maximum atomic E-state index is 12.2. The minimum Gasteiger partial charge on any atom is -0.395 e. The Balaban J connectivity index is 3.98. The molecule has 1 unspecified atom stereocenters. The van der Waals surface area contributed by atoms with Gasteiger partial charge in [0.05, 0.1) is 12.5 Å². The highest BCUT2D eigenvalue weighted by Crippen LogP contribution is 2.25. The van der Waals surface area contributed by atoms with Gasteiger partial charge in [0.15, 0.2) is 0 Å². The monoisotopic (exact) mass is 200 g/mol. The van der Waals surface area contributed by atoms with E-state index in [4.69, 9.17) is 10.8 Å². The number of likely N-dealkylation sites (N-methyl/N-ethyl adjacent to an activating group) is 1. The van der Waals surface area contributed by atoms with Crippen molar-refractivity contribution >= 4 is 0 Å². The molecule has 3 nitrogen and oxygen atoms in total. The molecule has 0 aliphatic carbocycles. The smallest absolute Gasteiger partial charge is 0.394 e. The first-order valence-corrected chi connectivity index (χ1v) is 3.98. The molecule has 0 saturated carbocycles. The first kappa shape index (κ1) is 12.7. The van der Waals surface area contributed by atoms with Crippen molar-refractivity contribution in [2.45, 2.75) is 6.18 Å². The summed E-state index contributed by atoms with van der Waals surface area (Å²) in [6.07, 6.45) is -4.25. The first-order chi connectivity index (χ1) is 5.91. The molecular weight excluding hydrogens is 185 g/mol. The van der Waals surface area contributed by atoms with Gasteiger partial charge in [0.1, 0.15) is 0 Å². The van der Waals surface area contributed by atoms with Gasteiger partial charge in [-0.05, 0) is 7.05 Å². The fraction of sp³-hybridized carbons (Fsp3) is 1.00. The molecule has 80 valence electrons. The van der Waals surface area contributed by atoms with Crippen LogP contribution in [0.4, 0.5) is 13.2 Å². The first-order valence-electron chi connectivity index (χ1n) is 3.98. The third kappa shape index (κ3) is 5.07. The summed E-state index contributed by atoms with van der Waals surface area (Å²) in [6.45, 7) is -0.502. The minimum atomic E-state index is -4.25. The zero-order chi connectivity index (χ0) is 10.5. The van der Waals surface area contributed by atoms with E-state index >= 15 is 0 Å². The molecule has 0 rings (SSSR count). The number of nitrogens with zero attached hydrogens (tertiary/aromatic N) is 1. The lowest BCUT2D eigenvalue weighted by molar-refractivity contribution is -0.175. The third-order valence-electron chi connectivity index (χ3n) is 1.76. The SMILES string of the molecule is CN(CCO)CC(CN)C(F)(F)F. The molecule has 0 spiro atoms. The zero-order valence-corrected chi connectivity index (χ0v) is 7.51. The van der Waals surface area contributed by atoms with Gasteiger partial charge in [0.25, 0.3) is 0 Å². The van der Waals surface area contributed by atoms with Gasteiger partial charge in [0.2, 0.25) is 0 Å². The Kier molecular flexibility index (Phi) is 5.27. The summed E-state index contributed by atoms with van der Waals surface area (Å²) >= 11 is 0. The zero-order valence-electron chi connectivity index (χ0n) is 7.51. The van der Waals surface area contributed by atoms with Crippen LogP contribution >= 0.6 is 0 Å². The molecule has 6 heteroatoms. The second-order valence-electron chi connectivity index (χ2n) is 2.96. The van der Waals surface area contributed by atoms with Crippen molar-refractivity contribution in [3.05, 3.63) is 0 Å². The predicted molar refractivity (Wildman–Crippen MR) is 43.2 cm³/mol. The number of hydrogen-bond donors (Lipinski definition) is 2. The summed E-state index contributed by atoms with van der Waals surface area (Å²) in [4.78, 5) is 1.41. The molecule has 0 aromatic rings. The van der Waals surface area contributed by atoms with Crippen molar-refractivity contribution < 1.29 is 18.3 Å². The van der Waals surface area contributed by atoms with Crippen molar-refractivity contribution in [1.82, 2.24) is 4.90 Å². The Morgan fingerprint density at radius 2 is 2.00 bits per heavy atom. The van der Waals surface area contributed by atoms with Crippen LogP contribution in [-0.2, 0) is 0 Å². The van der Waals surface area contributed by atoms with Gasteiger partial charge in [-0.15, -0.1) is 0 Å². The van der Waals surface area contributed by atoms with Gasteiger partial charge < -0.3 is 15.7 Å². The molecule has 0 heterocycles. The number of aliphatic hydroxyl groups is 1. The van der Waals surface area contributed by atoms with E-state index < -0.39 is 18.6 Å². The van der Waals surface area contributed by atoms with Crippen LogP contribution in [-0.4, -0.2) is 49.5 Å². The van der Waals surface area contributed by atoms with Crippen molar-refractivity contribution in [2.75, 3.05) is 33.3 Å². The van der Waals surface area contributed by atoms with E-state index in [9.17, 15) is 13.2 Å². The Labute approximate surface area is 75.3 Å². The lowest BCUT2D eigenvalue weighted by Crippen LogP contribution is -2.40. The molecule has 0 aromatic heterocycles. The van der Waals surface area contributed by atoms with Gasteiger partial charge in [-0.1, -0.05) is 0 Å². The molecule has 0 bridgehead atoms. The van der Waals surface area contributed by atoms with Crippen LogP contribution in [0.5, 0.6) is 0 Å². The number of nitrogens with two attached hydrogens (primary N) is 1. The molecule has 0 aliphatic heterocycles. The molecular formula is C7H15F3N2O. The minimum absolute atomic E-state index is 0.147. The van der Waals surface area contributed by atoms with Crippen molar-refractivity contribution in [3.8, 4) is 0 Å². The van der Waals surface area contributed by atoms with Crippen LogP contribution in [0.1, 0.15) is 0 Å². The Bertz CT molecular complexity index is 140. The number of hydrogen-bond acceptors (Lipinski definition) is 3. The third-order valence-corrected chi connectivity index (χ3v) is 1.76. The van der Waals surface area contributed by atoms with Gasteiger partial charge >= 0.3 is 6.18 Å². The highest BCUT2D eigenvalue weighted by molar-refractivity contribution is 4.71. The number of alkyl halides is 3. The van der Waals surface area contributed by atoms with Crippen LogP contribution < -0.4 is 5.73 Å². The van der Waals surface area contributed by atoms with E-state index in [-0.39, 0.29) is 19.7 Å². The molecule has 0 aliphatic rings. The average molecular weight is 200 g/mol. The normalized spacial score (nSPS) is 15.0. The van der Waals surface area contributed by atoms with Crippen LogP contribution in [0.15, 0.2) is 0 Å². The van der Waals surface area contributed by atoms with E-state index in [1.54, 1.807) is 0 Å². The van der Waals surface area contributed by atoms with Gasteiger partial charge in [-0.3, -0.25) is 0 Å². The number of rotatable bonds is 5. The Morgan fingerprint density at radius 1 is 1.46 bits per heavy atom. The molecule has 0 radical (unpaired) electrons. The largest absolute Gasteiger partial charge is 0.395 e. The van der Waals surface area contributed by atoms with Gasteiger partial charge in [-0.25, -0.2) is 0 Å². The van der Waals surface area contributed by atoms with Crippen LogP contribution in [0.3, 0.4) is 0 Å². The molecule has 13 heavy (non-hydrogen) atoms. The van der Waals surface area contributed by atoms with Crippen molar-refractivity contribution in [2.24, 2.45) is 11.7 Å². The van der Waals surface area contributed by atoms with Crippen LogP contribution in [0.25, 0.3) is 0 Å². The van der Waals surface area contributed by atoms with E-state index in [1.165, 1.54) is 11.9 Å². The molecule has 0 aromatic carbocycles. The van der Waals surface area contributed by atoms with E-state index in [1.807, 2.05) is 0 Å². The molecule has 1 atom stereocenters. The highest BCUT2D eigenvalue weighted by Gasteiger charge is 2.38. The maximum Gasteiger partial charge on any atom is 0.394 e. The topological polar surface area (TPSA) is 49.5 Å². The highest BCUT2D eigenvalue weighted by atomic mass is 19.4. The van der Waals surface area contributed by atoms with Gasteiger partial charge in [-0.2, -0.15) is 13.2 Å². The van der Waals surface area contributed by atoms with Crippen LogP contribution in [0, 0.1) is 5.92 Å². The van der Waals surface area contributed by atoms with Crippen LogP contribution in [0.2, 0.25) is 0 Å².